The molecule has 16 heavy (non-hydrogen) atoms. The summed E-state index contributed by atoms with van der Waals surface area (Å²) in [4.78, 5) is 11.3. The second kappa shape index (κ2) is 3.68. The average molecular weight is 249 g/mol. The van der Waals surface area contributed by atoms with E-state index in [1.165, 1.54) is 0 Å². The lowest BCUT2D eigenvalue weighted by Crippen LogP contribution is -2.56. The molecule has 0 saturated carbocycles. The molecule has 0 spiro atoms. The van der Waals surface area contributed by atoms with Gasteiger partial charge in [0.05, 0.1) is 12.4 Å². The zero-order chi connectivity index (χ0) is 12.0. The van der Waals surface area contributed by atoms with Gasteiger partial charge in [-0.1, -0.05) is 6.92 Å². The van der Waals surface area contributed by atoms with Crippen LogP contribution in [0.2, 0.25) is 0 Å². The Morgan fingerprint density at radius 1 is 1.56 bits per heavy atom. The highest BCUT2D eigenvalue weighted by molar-refractivity contribution is 7.89. The van der Waals surface area contributed by atoms with E-state index < -0.39 is 21.5 Å². The van der Waals surface area contributed by atoms with Crippen LogP contribution in [0.25, 0.3) is 0 Å². The Hall–Kier alpha value is -0.660. The molecule has 0 bridgehead atoms. The van der Waals surface area contributed by atoms with Crippen LogP contribution in [-0.2, 0) is 19.6 Å². The second-order valence-corrected chi connectivity index (χ2v) is 6.49. The normalized spacial score (nSPS) is 38.9. The van der Waals surface area contributed by atoms with Crippen molar-refractivity contribution < 1.29 is 23.1 Å². The van der Waals surface area contributed by atoms with Gasteiger partial charge in [-0.2, -0.15) is 4.31 Å². The lowest BCUT2D eigenvalue weighted by atomic mass is 9.98. The van der Waals surface area contributed by atoms with Gasteiger partial charge in [0.25, 0.3) is 0 Å². The standard InChI is InChI=1S/C9H15NO5S/c1-7-4-10(16(13,14)5-7)9(8(11)12)2-3-15-6-9/h7H,2-6H2,1H3,(H,11,12). The quantitative estimate of drug-likeness (QED) is 0.714. The third-order valence-corrected chi connectivity index (χ3v) is 5.35. The van der Waals surface area contributed by atoms with E-state index in [0.717, 1.165) is 4.31 Å². The lowest BCUT2D eigenvalue weighted by molar-refractivity contribution is -0.148. The van der Waals surface area contributed by atoms with Crippen molar-refractivity contribution in [1.82, 2.24) is 4.31 Å². The molecular weight excluding hydrogens is 234 g/mol. The van der Waals surface area contributed by atoms with Crippen molar-refractivity contribution in [2.45, 2.75) is 18.9 Å². The number of hydrogen-bond donors (Lipinski definition) is 1. The zero-order valence-corrected chi connectivity index (χ0v) is 9.87. The van der Waals surface area contributed by atoms with Crippen molar-refractivity contribution in [1.29, 1.82) is 0 Å². The molecule has 0 aromatic rings. The van der Waals surface area contributed by atoms with Crippen LogP contribution in [0.5, 0.6) is 0 Å². The van der Waals surface area contributed by atoms with Crippen LogP contribution >= 0.6 is 0 Å². The van der Waals surface area contributed by atoms with Crippen LogP contribution in [0.3, 0.4) is 0 Å². The number of carboxylic acids is 1. The fourth-order valence-electron chi connectivity index (χ4n) is 2.37. The molecule has 1 N–H and O–H groups in total. The molecule has 7 heteroatoms. The molecular formula is C9H15NO5S. The third kappa shape index (κ3) is 1.63. The van der Waals surface area contributed by atoms with Crippen molar-refractivity contribution in [2.24, 2.45) is 5.92 Å². The van der Waals surface area contributed by atoms with E-state index in [-0.39, 0.29) is 31.2 Å². The van der Waals surface area contributed by atoms with Gasteiger partial charge in [0.2, 0.25) is 10.0 Å². The Kier molecular flexibility index (Phi) is 2.72. The Morgan fingerprint density at radius 2 is 2.25 bits per heavy atom. The monoisotopic (exact) mass is 249 g/mol. The van der Waals surface area contributed by atoms with Crippen LogP contribution in [0, 0.1) is 5.92 Å². The number of rotatable bonds is 2. The van der Waals surface area contributed by atoms with Crippen LogP contribution in [0.4, 0.5) is 0 Å². The number of carboxylic acid groups (broad SMARTS) is 1. The minimum atomic E-state index is -3.45. The first-order valence-corrected chi connectivity index (χ1v) is 6.81. The molecule has 0 aliphatic carbocycles. The number of hydrogen-bond acceptors (Lipinski definition) is 4. The van der Waals surface area contributed by atoms with E-state index in [1.807, 2.05) is 6.92 Å². The molecule has 6 nitrogen and oxygen atoms in total. The maximum absolute atomic E-state index is 11.9. The van der Waals surface area contributed by atoms with Gasteiger partial charge >= 0.3 is 5.97 Å². The second-order valence-electron chi connectivity index (χ2n) is 4.55. The maximum Gasteiger partial charge on any atom is 0.327 e. The molecule has 2 rings (SSSR count). The molecule has 92 valence electrons. The molecule has 2 heterocycles. The fraction of sp³-hybridized carbons (Fsp3) is 0.889. The van der Waals surface area contributed by atoms with Crippen molar-refractivity contribution in [2.75, 3.05) is 25.5 Å². The van der Waals surface area contributed by atoms with Crippen LogP contribution < -0.4 is 0 Å². The van der Waals surface area contributed by atoms with Crippen molar-refractivity contribution >= 4 is 16.0 Å². The van der Waals surface area contributed by atoms with Gasteiger partial charge in [-0.3, -0.25) is 4.79 Å². The summed E-state index contributed by atoms with van der Waals surface area (Å²) in [5.41, 5.74) is -1.37. The Bertz CT molecular complexity index is 398. The summed E-state index contributed by atoms with van der Waals surface area (Å²) < 4.78 is 30.0. The minimum Gasteiger partial charge on any atom is -0.480 e. The first-order chi connectivity index (χ1) is 7.38. The number of sulfonamides is 1. The van der Waals surface area contributed by atoms with E-state index in [0.29, 0.717) is 6.61 Å². The summed E-state index contributed by atoms with van der Waals surface area (Å²) in [6.45, 7) is 2.34. The molecule has 0 amide bonds. The number of ether oxygens (including phenoxy) is 1. The average Bonchev–Trinajstić information content (AvgIpc) is 2.70. The Morgan fingerprint density at radius 3 is 2.62 bits per heavy atom. The lowest BCUT2D eigenvalue weighted by Gasteiger charge is -2.31. The van der Waals surface area contributed by atoms with Gasteiger partial charge in [0, 0.05) is 19.6 Å². The first-order valence-electron chi connectivity index (χ1n) is 5.20. The van der Waals surface area contributed by atoms with Gasteiger partial charge < -0.3 is 9.84 Å². The molecule has 0 aromatic heterocycles. The van der Waals surface area contributed by atoms with Crippen molar-refractivity contribution in [3.05, 3.63) is 0 Å². The largest absolute Gasteiger partial charge is 0.480 e. The number of nitrogens with zero attached hydrogens (tertiary/aromatic N) is 1. The summed E-state index contributed by atoms with van der Waals surface area (Å²) in [7, 11) is -3.45. The molecule has 2 aliphatic rings. The van der Waals surface area contributed by atoms with E-state index in [4.69, 9.17) is 4.74 Å². The molecule has 2 unspecified atom stereocenters. The van der Waals surface area contributed by atoms with Crippen molar-refractivity contribution in [3.8, 4) is 0 Å². The number of carbonyl (C=O) groups is 1. The summed E-state index contributed by atoms with van der Waals surface area (Å²) >= 11 is 0. The summed E-state index contributed by atoms with van der Waals surface area (Å²) in [6, 6.07) is 0. The van der Waals surface area contributed by atoms with Gasteiger partial charge in [-0.25, -0.2) is 8.42 Å². The first kappa shape index (κ1) is 11.8. The van der Waals surface area contributed by atoms with E-state index in [1.54, 1.807) is 0 Å². The highest BCUT2D eigenvalue weighted by atomic mass is 32.2. The smallest absolute Gasteiger partial charge is 0.327 e. The van der Waals surface area contributed by atoms with Gasteiger partial charge in [0.1, 0.15) is 0 Å². The zero-order valence-electron chi connectivity index (χ0n) is 9.05. The molecule has 2 atom stereocenters. The molecule has 2 fully saturated rings. The Balaban J connectivity index is 2.38. The Labute approximate surface area is 94.2 Å². The predicted molar refractivity (Wildman–Crippen MR) is 55.5 cm³/mol. The molecule has 0 radical (unpaired) electrons. The maximum atomic E-state index is 11.9. The fourth-order valence-corrected chi connectivity index (χ4v) is 4.61. The highest BCUT2D eigenvalue weighted by Gasteiger charge is 2.55. The highest BCUT2D eigenvalue weighted by Crippen LogP contribution is 2.34. The van der Waals surface area contributed by atoms with Crippen LogP contribution in [-0.4, -0.2) is 54.8 Å². The molecule has 2 saturated heterocycles. The summed E-state index contributed by atoms with van der Waals surface area (Å²) in [5, 5.41) is 9.26. The SMILES string of the molecule is CC1CN(C2(C(=O)O)CCOC2)S(=O)(=O)C1. The van der Waals surface area contributed by atoms with E-state index in [9.17, 15) is 18.3 Å². The van der Waals surface area contributed by atoms with E-state index in [2.05, 4.69) is 0 Å². The number of aliphatic carboxylic acids is 1. The van der Waals surface area contributed by atoms with Crippen molar-refractivity contribution in [3.63, 3.8) is 0 Å². The van der Waals surface area contributed by atoms with Crippen LogP contribution in [0.15, 0.2) is 0 Å². The predicted octanol–water partition coefficient (Wildman–Crippen LogP) is -0.488. The molecule has 0 aromatic carbocycles. The summed E-state index contributed by atoms with van der Waals surface area (Å²) in [5.74, 6) is -1.10. The van der Waals surface area contributed by atoms with Gasteiger partial charge in [-0.15, -0.1) is 0 Å². The topological polar surface area (TPSA) is 83.9 Å². The third-order valence-electron chi connectivity index (χ3n) is 3.18. The molecule has 2 aliphatic heterocycles. The van der Waals surface area contributed by atoms with Gasteiger partial charge in [0.15, 0.2) is 5.54 Å². The minimum absolute atomic E-state index is 0.0261. The van der Waals surface area contributed by atoms with E-state index >= 15 is 0 Å². The van der Waals surface area contributed by atoms with Crippen LogP contribution in [0.1, 0.15) is 13.3 Å². The summed E-state index contributed by atoms with van der Waals surface area (Å²) in [6.07, 6.45) is 0.230. The van der Waals surface area contributed by atoms with Gasteiger partial charge in [-0.05, 0) is 5.92 Å².